The quantitative estimate of drug-likeness (QED) is 0.847. The van der Waals surface area contributed by atoms with Crippen LogP contribution in [0.15, 0.2) is 12.1 Å². The molecule has 1 aromatic rings. The summed E-state index contributed by atoms with van der Waals surface area (Å²) in [5.41, 5.74) is 0.302. The molecule has 1 aliphatic carbocycles. The topological polar surface area (TPSA) is 58.6 Å². The van der Waals surface area contributed by atoms with Gasteiger partial charge in [-0.15, -0.1) is 0 Å². The molecule has 0 saturated heterocycles. The molecule has 126 valence electrons. The highest BCUT2D eigenvalue weighted by molar-refractivity contribution is 6.05. The highest BCUT2D eigenvalue weighted by atomic mass is 19.1. The maximum atomic E-state index is 13.7. The number of amides is 1. The molecule has 0 spiro atoms. The second-order valence-electron chi connectivity index (χ2n) is 6.10. The van der Waals surface area contributed by atoms with E-state index in [0.29, 0.717) is 11.3 Å². The van der Waals surface area contributed by atoms with Crippen LogP contribution in [-0.4, -0.2) is 43.0 Å². The monoisotopic (exact) mass is 322 g/mol. The number of ether oxygens (including phenoxy) is 1. The Hall–Kier alpha value is -1.95. The molecular weight excluding hydrogens is 299 g/mol. The largest absolute Gasteiger partial charge is 0.462 e. The van der Waals surface area contributed by atoms with E-state index in [1.54, 1.807) is 13.8 Å². The van der Waals surface area contributed by atoms with Gasteiger partial charge in [0.05, 0.1) is 17.9 Å². The molecule has 0 bridgehead atoms. The van der Waals surface area contributed by atoms with Gasteiger partial charge in [-0.3, -0.25) is 9.69 Å². The fraction of sp³-hybridized carbons (Fsp3) is 0.529. The molecule has 23 heavy (non-hydrogen) atoms. The molecule has 1 N–H and O–H groups in total. The number of nitrogens with one attached hydrogen (secondary N) is 1. The summed E-state index contributed by atoms with van der Waals surface area (Å²) in [6, 6.07) is 2.39. The van der Waals surface area contributed by atoms with Crippen molar-refractivity contribution >= 4 is 17.6 Å². The third-order valence-electron chi connectivity index (χ3n) is 4.49. The maximum Gasteiger partial charge on any atom is 0.340 e. The van der Waals surface area contributed by atoms with Crippen LogP contribution in [0.4, 0.5) is 10.1 Å². The van der Waals surface area contributed by atoms with Gasteiger partial charge in [0.2, 0.25) is 5.91 Å². The Balaban J connectivity index is 2.35. The zero-order valence-electron chi connectivity index (χ0n) is 14.0. The van der Waals surface area contributed by atoms with Crippen LogP contribution in [0, 0.1) is 12.7 Å². The molecule has 0 radical (unpaired) electrons. The van der Waals surface area contributed by atoms with Gasteiger partial charge in [-0.05, 0) is 64.9 Å². The van der Waals surface area contributed by atoms with Crippen LogP contribution in [-0.2, 0) is 9.53 Å². The number of hydrogen-bond acceptors (Lipinski definition) is 4. The number of nitrogens with zero attached hydrogens (tertiary/aromatic N) is 1. The first kappa shape index (κ1) is 17.4. The van der Waals surface area contributed by atoms with Gasteiger partial charge in [0, 0.05) is 0 Å². The van der Waals surface area contributed by atoms with Crippen molar-refractivity contribution < 1.29 is 18.7 Å². The molecule has 1 amide bonds. The molecule has 0 aliphatic heterocycles. The summed E-state index contributed by atoms with van der Waals surface area (Å²) in [5.74, 6) is -1.35. The second kappa shape index (κ2) is 6.66. The second-order valence-corrected chi connectivity index (χ2v) is 6.10. The van der Waals surface area contributed by atoms with Crippen LogP contribution >= 0.6 is 0 Å². The first-order valence-corrected chi connectivity index (χ1v) is 7.78. The predicted molar refractivity (Wildman–Crippen MR) is 86.0 cm³/mol. The van der Waals surface area contributed by atoms with Gasteiger partial charge in [0.15, 0.2) is 0 Å². The molecular formula is C17H23FN2O3. The Morgan fingerprint density at radius 2 is 2.00 bits per heavy atom. The van der Waals surface area contributed by atoms with E-state index < -0.39 is 17.3 Å². The average Bonchev–Trinajstić information content (AvgIpc) is 2.39. The minimum absolute atomic E-state index is 0.0472. The molecule has 0 aromatic heterocycles. The molecule has 0 unspecified atom stereocenters. The number of carbonyl (C=O) groups excluding carboxylic acids is 2. The highest BCUT2D eigenvalue weighted by Gasteiger charge is 2.46. The summed E-state index contributed by atoms with van der Waals surface area (Å²) in [7, 11) is 3.73. The van der Waals surface area contributed by atoms with Crippen LogP contribution in [0.3, 0.4) is 0 Å². The molecule has 6 heteroatoms. The SMILES string of the molecule is CCOC(=O)c1cc(F)cc(C)c1NC(=O)C1(N(C)C)CCC1. The summed E-state index contributed by atoms with van der Waals surface area (Å²) >= 11 is 0. The lowest BCUT2D eigenvalue weighted by Gasteiger charge is -2.45. The first-order chi connectivity index (χ1) is 10.8. The normalized spacial score (nSPS) is 15.9. The zero-order chi connectivity index (χ0) is 17.2. The minimum atomic E-state index is -0.641. The van der Waals surface area contributed by atoms with E-state index in [9.17, 15) is 14.0 Å². The summed E-state index contributed by atoms with van der Waals surface area (Å²) < 4.78 is 18.6. The lowest BCUT2D eigenvalue weighted by molar-refractivity contribution is -0.131. The van der Waals surface area contributed by atoms with Crippen molar-refractivity contribution in [2.24, 2.45) is 0 Å². The van der Waals surface area contributed by atoms with Crippen molar-refractivity contribution in [2.45, 2.75) is 38.6 Å². The van der Waals surface area contributed by atoms with E-state index in [1.807, 2.05) is 19.0 Å². The van der Waals surface area contributed by atoms with E-state index in [0.717, 1.165) is 25.3 Å². The van der Waals surface area contributed by atoms with Gasteiger partial charge in [-0.2, -0.15) is 0 Å². The van der Waals surface area contributed by atoms with Crippen LogP contribution in [0.5, 0.6) is 0 Å². The Bertz CT molecular complexity index is 625. The van der Waals surface area contributed by atoms with E-state index in [4.69, 9.17) is 4.74 Å². The number of carbonyl (C=O) groups is 2. The summed E-state index contributed by atoms with van der Waals surface area (Å²) in [4.78, 5) is 26.7. The zero-order valence-corrected chi connectivity index (χ0v) is 14.0. The number of benzene rings is 1. The fourth-order valence-corrected chi connectivity index (χ4v) is 2.90. The third kappa shape index (κ3) is 3.22. The van der Waals surface area contributed by atoms with Crippen LogP contribution in [0.2, 0.25) is 0 Å². The van der Waals surface area contributed by atoms with Gasteiger partial charge >= 0.3 is 5.97 Å². The van der Waals surface area contributed by atoms with Gasteiger partial charge in [0.25, 0.3) is 0 Å². The van der Waals surface area contributed by atoms with Crippen molar-refractivity contribution in [3.8, 4) is 0 Å². The molecule has 1 fully saturated rings. The van der Waals surface area contributed by atoms with Crippen molar-refractivity contribution in [3.05, 3.63) is 29.1 Å². The standard InChI is InChI=1S/C17H23FN2O3/c1-5-23-15(21)13-10-12(18)9-11(2)14(13)19-16(22)17(20(3)4)7-6-8-17/h9-10H,5-8H2,1-4H3,(H,19,22). The average molecular weight is 322 g/mol. The van der Waals surface area contributed by atoms with Gasteiger partial charge in [-0.25, -0.2) is 9.18 Å². The number of anilines is 1. The number of likely N-dealkylation sites (N-methyl/N-ethyl adjacent to an activating group) is 1. The minimum Gasteiger partial charge on any atom is -0.462 e. The fourth-order valence-electron chi connectivity index (χ4n) is 2.90. The third-order valence-corrected chi connectivity index (χ3v) is 4.49. The lowest BCUT2D eigenvalue weighted by Crippen LogP contribution is -2.58. The molecule has 1 aliphatic rings. The lowest BCUT2D eigenvalue weighted by atomic mass is 9.75. The predicted octanol–water partition coefficient (Wildman–Crippen LogP) is 2.73. The van der Waals surface area contributed by atoms with E-state index in [1.165, 1.54) is 6.07 Å². The number of halogens is 1. The number of aryl methyl sites for hydroxylation is 1. The van der Waals surface area contributed by atoms with Crippen molar-refractivity contribution in [1.82, 2.24) is 4.90 Å². The molecule has 2 rings (SSSR count). The van der Waals surface area contributed by atoms with Crippen molar-refractivity contribution in [3.63, 3.8) is 0 Å². The van der Waals surface area contributed by atoms with Gasteiger partial charge < -0.3 is 10.1 Å². The summed E-state index contributed by atoms with van der Waals surface area (Å²) in [5, 5.41) is 2.82. The smallest absolute Gasteiger partial charge is 0.340 e. The van der Waals surface area contributed by atoms with E-state index in [2.05, 4.69) is 5.32 Å². The van der Waals surface area contributed by atoms with Crippen LogP contribution in [0.25, 0.3) is 0 Å². The number of hydrogen-bond donors (Lipinski definition) is 1. The van der Waals surface area contributed by atoms with E-state index in [-0.39, 0.29) is 18.1 Å². The molecule has 0 atom stereocenters. The highest BCUT2D eigenvalue weighted by Crippen LogP contribution is 2.38. The molecule has 1 saturated carbocycles. The number of esters is 1. The van der Waals surface area contributed by atoms with E-state index >= 15 is 0 Å². The molecule has 1 aromatic carbocycles. The van der Waals surface area contributed by atoms with Crippen molar-refractivity contribution in [2.75, 3.05) is 26.0 Å². The first-order valence-electron chi connectivity index (χ1n) is 7.78. The molecule has 0 heterocycles. The van der Waals surface area contributed by atoms with Gasteiger partial charge in [0.1, 0.15) is 11.4 Å². The summed E-state index contributed by atoms with van der Waals surface area (Å²) in [6.07, 6.45) is 2.51. The Morgan fingerprint density at radius 3 is 2.48 bits per heavy atom. The van der Waals surface area contributed by atoms with Crippen molar-refractivity contribution in [1.29, 1.82) is 0 Å². The maximum absolute atomic E-state index is 13.7. The number of rotatable bonds is 5. The van der Waals surface area contributed by atoms with Crippen LogP contribution < -0.4 is 5.32 Å². The summed E-state index contributed by atoms with van der Waals surface area (Å²) in [6.45, 7) is 3.52. The Kier molecular flexibility index (Phi) is 5.04. The Labute approximate surface area is 135 Å². The van der Waals surface area contributed by atoms with Crippen LogP contribution in [0.1, 0.15) is 42.1 Å². The molecule has 5 nitrogen and oxygen atoms in total. The van der Waals surface area contributed by atoms with Gasteiger partial charge in [-0.1, -0.05) is 0 Å². The Morgan fingerprint density at radius 1 is 1.35 bits per heavy atom.